The van der Waals surface area contributed by atoms with Crippen LogP contribution in [-0.2, 0) is 26.6 Å². The molecule has 8 heteroatoms. The van der Waals surface area contributed by atoms with Crippen molar-refractivity contribution >= 4 is 56.8 Å². The number of hydrogen-bond donors (Lipinski definition) is 0. The lowest BCUT2D eigenvalue weighted by Crippen LogP contribution is -2.22. The quantitative estimate of drug-likeness (QED) is 0.371. The number of methoxy groups -OCH3 is 1. The maximum absolute atomic E-state index is 12.4. The van der Waals surface area contributed by atoms with E-state index in [4.69, 9.17) is 16.3 Å². The Kier molecular flexibility index (Phi) is 7.91. The van der Waals surface area contributed by atoms with E-state index in [2.05, 4.69) is 17.1 Å². The molecule has 0 saturated carbocycles. The molecule has 0 fully saturated rings. The molecule has 0 aliphatic rings. The molecule has 0 aliphatic carbocycles. The molecule has 0 bridgehead atoms. The molecule has 0 N–H and O–H groups in total. The molecule has 0 saturated heterocycles. The molecule has 1 heterocycles. The number of fused-ring (bicyclic) bond motifs is 1. The number of amides is 1. The minimum Gasteiger partial charge on any atom is -0.468 e. The van der Waals surface area contributed by atoms with Crippen molar-refractivity contribution in [2.24, 2.45) is 4.99 Å². The van der Waals surface area contributed by atoms with Crippen molar-refractivity contribution in [2.75, 3.05) is 12.9 Å². The number of thiazole rings is 1. The van der Waals surface area contributed by atoms with Crippen molar-refractivity contribution in [1.29, 1.82) is 0 Å². The first-order valence-electron chi connectivity index (χ1n) is 9.12. The van der Waals surface area contributed by atoms with Gasteiger partial charge in [0.25, 0.3) is 0 Å². The summed E-state index contributed by atoms with van der Waals surface area (Å²) in [7, 11) is 1.34. The van der Waals surface area contributed by atoms with Crippen LogP contribution in [0.3, 0.4) is 0 Å². The Hall–Kier alpha value is -2.09. The SMILES string of the molecule is COC(=O)Cn1c(=NC(=O)CCCSCc2ccccc2)sc2cc(Cl)ccc21. The van der Waals surface area contributed by atoms with E-state index in [1.807, 2.05) is 24.3 Å². The van der Waals surface area contributed by atoms with Gasteiger partial charge in [0.2, 0.25) is 5.91 Å². The summed E-state index contributed by atoms with van der Waals surface area (Å²) >= 11 is 9.21. The average molecular weight is 449 g/mol. The van der Waals surface area contributed by atoms with Gasteiger partial charge in [0.15, 0.2) is 4.80 Å². The van der Waals surface area contributed by atoms with E-state index >= 15 is 0 Å². The number of thioether (sulfide) groups is 1. The molecule has 1 amide bonds. The van der Waals surface area contributed by atoms with Crippen LogP contribution in [0.1, 0.15) is 18.4 Å². The monoisotopic (exact) mass is 448 g/mol. The fourth-order valence-electron chi connectivity index (χ4n) is 2.73. The predicted octanol–water partition coefficient (Wildman–Crippen LogP) is 4.67. The van der Waals surface area contributed by atoms with E-state index in [0.29, 0.717) is 16.2 Å². The zero-order chi connectivity index (χ0) is 20.6. The minimum atomic E-state index is -0.397. The number of aromatic nitrogens is 1. The second-order valence-corrected chi connectivity index (χ2v) is 8.86. The van der Waals surface area contributed by atoms with Crippen molar-refractivity contribution in [3.63, 3.8) is 0 Å². The van der Waals surface area contributed by atoms with Gasteiger partial charge in [0, 0.05) is 17.2 Å². The van der Waals surface area contributed by atoms with Gasteiger partial charge in [0.05, 0.1) is 17.3 Å². The van der Waals surface area contributed by atoms with Crippen molar-refractivity contribution < 1.29 is 14.3 Å². The number of esters is 1. The zero-order valence-corrected chi connectivity index (χ0v) is 18.4. The number of carbonyl (C=O) groups excluding carboxylic acids is 2. The molecular formula is C21H21ClN2O3S2. The Morgan fingerprint density at radius 2 is 2.00 bits per heavy atom. The summed E-state index contributed by atoms with van der Waals surface area (Å²) in [6.45, 7) is -0.00280. The Morgan fingerprint density at radius 1 is 1.21 bits per heavy atom. The van der Waals surface area contributed by atoms with E-state index in [9.17, 15) is 9.59 Å². The van der Waals surface area contributed by atoms with Crippen LogP contribution >= 0.6 is 34.7 Å². The summed E-state index contributed by atoms with van der Waals surface area (Å²) in [4.78, 5) is 28.9. The van der Waals surface area contributed by atoms with Crippen molar-refractivity contribution in [1.82, 2.24) is 4.57 Å². The molecular weight excluding hydrogens is 428 g/mol. The highest BCUT2D eigenvalue weighted by atomic mass is 35.5. The number of benzene rings is 2. The van der Waals surface area contributed by atoms with Crippen molar-refractivity contribution in [2.45, 2.75) is 25.1 Å². The van der Waals surface area contributed by atoms with Crippen LogP contribution in [0.25, 0.3) is 10.2 Å². The molecule has 2 aromatic carbocycles. The molecule has 0 aliphatic heterocycles. The number of rotatable bonds is 8. The van der Waals surface area contributed by atoms with E-state index in [0.717, 1.165) is 28.1 Å². The highest BCUT2D eigenvalue weighted by molar-refractivity contribution is 7.98. The molecule has 29 heavy (non-hydrogen) atoms. The molecule has 3 rings (SSSR count). The van der Waals surface area contributed by atoms with Crippen LogP contribution in [-0.4, -0.2) is 29.3 Å². The topological polar surface area (TPSA) is 60.7 Å². The summed E-state index contributed by atoms with van der Waals surface area (Å²) in [6.07, 6.45) is 1.13. The zero-order valence-electron chi connectivity index (χ0n) is 16.0. The summed E-state index contributed by atoms with van der Waals surface area (Å²) in [6, 6.07) is 15.6. The first-order chi connectivity index (χ1) is 14.1. The predicted molar refractivity (Wildman–Crippen MR) is 119 cm³/mol. The van der Waals surface area contributed by atoms with E-state index in [1.54, 1.807) is 28.5 Å². The van der Waals surface area contributed by atoms with Gasteiger partial charge >= 0.3 is 5.97 Å². The Bertz CT molecular complexity index is 1060. The molecule has 3 aromatic rings. The minimum absolute atomic E-state index is 0.00280. The van der Waals surface area contributed by atoms with Crippen LogP contribution in [0.2, 0.25) is 5.02 Å². The van der Waals surface area contributed by atoms with Crippen LogP contribution in [0.15, 0.2) is 53.5 Å². The van der Waals surface area contributed by atoms with Gasteiger partial charge in [0.1, 0.15) is 6.54 Å². The first kappa shape index (κ1) is 21.6. The Labute approximate surface area is 182 Å². The van der Waals surface area contributed by atoms with E-state index < -0.39 is 5.97 Å². The van der Waals surface area contributed by atoms with Crippen LogP contribution in [0.4, 0.5) is 0 Å². The van der Waals surface area contributed by atoms with Crippen molar-refractivity contribution in [3.05, 3.63) is 63.9 Å². The lowest BCUT2D eigenvalue weighted by atomic mass is 10.2. The number of nitrogens with zero attached hydrogens (tertiary/aromatic N) is 2. The van der Waals surface area contributed by atoms with Gasteiger partial charge in [-0.3, -0.25) is 9.59 Å². The van der Waals surface area contributed by atoms with Gasteiger partial charge < -0.3 is 9.30 Å². The Morgan fingerprint density at radius 3 is 2.76 bits per heavy atom. The maximum atomic E-state index is 12.4. The van der Waals surface area contributed by atoms with Crippen LogP contribution < -0.4 is 4.80 Å². The summed E-state index contributed by atoms with van der Waals surface area (Å²) in [5.74, 6) is 1.23. The fraction of sp³-hybridized carbons (Fsp3) is 0.286. The molecule has 0 unspecified atom stereocenters. The first-order valence-corrected chi connectivity index (χ1v) is 11.5. The Balaban J connectivity index is 1.65. The maximum Gasteiger partial charge on any atom is 0.325 e. The highest BCUT2D eigenvalue weighted by Crippen LogP contribution is 2.22. The van der Waals surface area contributed by atoms with Crippen LogP contribution in [0, 0.1) is 0 Å². The van der Waals surface area contributed by atoms with Crippen molar-refractivity contribution in [3.8, 4) is 0 Å². The van der Waals surface area contributed by atoms with Gasteiger partial charge in [-0.1, -0.05) is 53.3 Å². The average Bonchev–Trinajstić information content (AvgIpc) is 3.04. The number of hydrogen-bond acceptors (Lipinski definition) is 5. The number of carbonyl (C=O) groups is 2. The number of ether oxygens (including phenoxy) is 1. The molecule has 0 radical (unpaired) electrons. The van der Waals surface area contributed by atoms with Gasteiger partial charge in [-0.2, -0.15) is 16.8 Å². The smallest absolute Gasteiger partial charge is 0.325 e. The standard InChI is InChI=1S/C21H21ClN2O3S2/c1-27-20(26)13-24-17-10-9-16(22)12-18(17)29-21(24)23-19(25)8-5-11-28-14-15-6-3-2-4-7-15/h2-4,6-7,9-10,12H,5,8,11,13-14H2,1H3. The lowest BCUT2D eigenvalue weighted by molar-refractivity contribution is -0.141. The third kappa shape index (κ3) is 6.19. The molecule has 0 spiro atoms. The fourth-order valence-corrected chi connectivity index (χ4v) is 4.97. The second kappa shape index (κ2) is 10.6. The van der Waals surface area contributed by atoms with E-state index in [1.165, 1.54) is 24.0 Å². The normalized spacial score (nSPS) is 11.7. The summed E-state index contributed by atoms with van der Waals surface area (Å²) in [5, 5.41) is 0.595. The van der Waals surface area contributed by atoms with Gasteiger partial charge in [-0.15, -0.1) is 0 Å². The summed E-state index contributed by atoms with van der Waals surface area (Å²) in [5.41, 5.74) is 2.08. The number of halogens is 1. The summed E-state index contributed by atoms with van der Waals surface area (Å²) < 4.78 is 7.34. The second-order valence-electron chi connectivity index (χ2n) is 6.31. The molecule has 1 aromatic heterocycles. The molecule has 152 valence electrons. The van der Waals surface area contributed by atoms with Crippen LogP contribution in [0.5, 0.6) is 0 Å². The largest absolute Gasteiger partial charge is 0.468 e. The molecule has 5 nitrogen and oxygen atoms in total. The van der Waals surface area contributed by atoms with Gasteiger partial charge in [-0.25, -0.2) is 0 Å². The lowest BCUT2D eigenvalue weighted by Gasteiger charge is -2.03. The highest BCUT2D eigenvalue weighted by Gasteiger charge is 2.12. The van der Waals surface area contributed by atoms with Gasteiger partial charge in [-0.05, 0) is 35.9 Å². The third-order valence-corrected chi connectivity index (χ3v) is 6.56. The third-order valence-electron chi connectivity index (χ3n) is 4.17. The van der Waals surface area contributed by atoms with E-state index in [-0.39, 0.29) is 12.5 Å². The molecule has 0 atom stereocenters.